The van der Waals surface area contributed by atoms with E-state index < -0.39 is 0 Å². The van der Waals surface area contributed by atoms with Crippen LogP contribution in [0.2, 0.25) is 6.82 Å². The van der Waals surface area contributed by atoms with Gasteiger partial charge in [-0.15, -0.1) is 0 Å². The summed E-state index contributed by atoms with van der Waals surface area (Å²) in [7, 11) is 2.76. The summed E-state index contributed by atoms with van der Waals surface area (Å²) >= 11 is 0. The molecule has 0 fully saturated rings. The molecule has 1 aromatic heterocycles. The Bertz CT molecular complexity index is 238. The molecule has 1 aromatic rings. The fraction of sp³-hybridized carbons (Fsp3) is 0.200. The largest absolute Gasteiger partial charge is 0.383 e. The van der Waals surface area contributed by atoms with E-state index >= 15 is 0 Å². The summed E-state index contributed by atoms with van der Waals surface area (Å²) in [5, 5.41) is 0. The van der Waals surface area contributed by atoms with E-state index in [-0.39, 0.29) is 0 Å². The molecule has 3 nitrogen and oxygen atoms in total. The maximum absolute atomic E-state index is 5.53. The molecule has 0 aliphatic heterocycles. The van der Waals surface area contributed by atoms with Crippen LogP contribution in [0.1, 0.15) is 0 Å². The van der Waals surface area contributed by atoms with Crippen LogP contribution < -0.4 is 16.9 Å². The second-order valence-corrected chi connectivity index (χ2v) is 2.20. The van der Waals surface area contributed by atoms with Gasteiger partial charge in [-0.1, -0.05) is 6.82 Å². The maximum Gasteiger partial charge on any atom is 0.184 e. The van der Waals surface area contributed by atoms with Crippen LogP contribution in [0.5, 0.6) is 0 Å². The highest BCUT2D eigenvalue weighted by atomic mass is 14.9. The van der Waals surface area contributed by atoms with Crippen molar-refractivity contribution in [1.82, 2.24) is 9.97 Å². The number of nitrogens with two attached hydrogens (primary N) is 1. The number of aromatic nitrogens is 2. The summed E-state index contributed by atoms with van der Waals surface area (Å²) in [6.07, 6.45) is 1.68. The van der Waals surface area contributed by atoms with Gasteiger partial charge >= 0.3 is 0 Å². The first-order valence-corrected chi connectivity index (χ1v) is 3.32. The van der Waals surface area contributed by atoms with Gasteiger partial charge in [-0.25, -0.2) is 4.98 Å². The van der Waals surface area contributed by atoms with Crippen molar-refractivity contribution in [3.05, 3.63) is 6.20 Å². The molecule has 1 rings (SSSR count). The van der Waals surface area contributed by atoms with Crippen LogP contribution in [0.4, 0.5) is 5.82 Å². The molecule has 0 aliphatic carbocycles. The van der Waals surface area contributed by atoms with E-state index in [1.54, 1.807) is 6.20 Å². The summed E-state index contributed by atoms with van der Waals surface area (Å²) in [5.41, 5.74) is 7.34. The molecule has 50 valence electrons. The van der Waals surface area contributed by atoms with Crippen molar-refractivity contribution in [3.63, 3.8) is 0 Å². The topological polar surface area (TPSA) is 51.8 Å². The van der Waals surface area contributed by atoms with Crippen molar-refractivity contribution in [3.8, 4) is 0 Å². The lowest BCUT2D eigenvalue weighted by Crippen LogP contribution is -2.28. The monoisotopic (exact) mass is 133 g/mol. The SMILES string of the molecule is Bc1cnc(N)c(BC)n1. The van der Waals surface area contributed by atoms with Crippen LogP contribution in [0.15, 0.2) is 6.20 Å². The molecule has 0 atom stereocenters. The second-order valence-electron chi connectivity index (χ2n) is 2.20. The summed E-state index contributed by atoms with van der Waals surface area (Å²) in [5.74, 6) is 0.549. The van der Waals surface area contributed by atoms with Gasteiger partial charge in [-0.3, -0.25) is 4.98 Å². The van der Waals surface area contributed by atoms with Gasteiger partial charge in [0.1, 0.15) is 5.82 Å². The maximum atomic E-state index is 5.53. The highest BCUT2D eigenvalue weighted by Crippen LogP contribution is 1.82. The number of nitrogens with zero attached hydrogens (tertiary/aromatic N) is 2. The Balaban J connectivity index is 3.09. The first-order chi connectivity index (χ1) is 4.74. The number of hydrogen-bond acceptors (Lipinski definition) is 3. The molecule has 0 aliphatic rings. The number of anilines is 1. The van der Waals surface area contributed by atoms with Gasteiger partial charge in [-0.2, -0.15) is 0 Å². The predicted molar refractivity (Wildman–Crippen MR) is 47.3 cm³/mol. The van der Waals surface area contributed by atoms with Crippen LogP contribution >= 0.6 is 0 Å². The average Bonchev–Trinajstić information content (AvgIpc) is 1.94. The highest BCUT2D eigenvalue weighted by Gasteiger charge is 1.98. The molecular formula is C5H9B2N3. The quantitative estimate of drug-likeness (QED) is 0.428. The predicted octanol–water partition coefficient (Wildman–Crippen LogP) is -2.57. The van der Waals surface area contributed by atoms with E-state index in [4.69, 9.17) is 5.73 Å². The van der Waals surface area contributed by atoms with Crippen LogP contribution in [-0.2, 0) is 0 Å². The van der Waals surface area contributed by atoms with E-state index in [0.717, 1.165) is 18.5 Å². The Hall–Kier alpha value is -0.990. The zero-order chi connectivity index (χ0) is 7.56. The average molecular weight is 133 g/mol. The summed E-state index contributed by atoms with van der Waals surface area (Å²) in [6, 6.07) is 0. The molecule has 0 spiro atoms. The van der Waals surface area contributed by atoms with Crippen LogP contribution in [0.3, 0.4) is 0 Å². The molecule has 0 radical (unpaired) electrons. The molecule has 0 aromatic carbocycles. The Morgan fingerprint density at radius 3 is 2.90 bits per heavy atom. The van der Waals surface area contributed by atoms with Crippen LogP contribution in [0, 0.1) is 0 Å². The Morgan fingerprint density at radius 2 is 2.40 bits per heavy atom. The standard InChI is InChI=1S/C5H9B2N3/c1-7-4-5(8)9-2-3(6)10-4/h2,7H,6H2,1H3,(H2,8,9). The third kappa shape index (κ3) is 1.29. The summed E-state index contributed by atoms with van der Waals surface area (Å²) in [6.45, 7) is 2.01. The van der Waals surface area contributed by atoms with E-state index in [1.165, 1.54) is 0 Å². The Labute approximate surface area is 61.7 Å². The van der Waals surface area contributed by atoms with Gasteiger partial charge in [0.15, 0.2) is 15.1 Å². The van der Waals surface area contributed by atoms with E-state index in [1.807, 2.05) is 14.7 Å². The van der Waals surface area contributed by atoms with Gasteiger partial charge < -0.3 is 5.73 Å². The first-order valence-electron chi connectivity index (χ1n) is 3.32. The van der Waals surface area contributed by atoms with Gasteiger partial charge in [0.25, 0.3) is 0 Å². The molecule has 0 amide bonds. The van der Waals surface area contributed by atoms with Crippen LogP contribution in [-0.4, -0.2) is 25.1 Å². The molecular weight excluding hydrogens is 124 g/mol. The minimum absolute atomic E-state index is 0.549. The van der Waals surface area contributed by atoms with Crippen molar-refractivity contribution in [2.24, 2.45) is 0 Å². The van der Waals surface area contributed by atoms with Gasteiger partial charge in [0.05, 0.1) is 0 Å². The summed E-state index contributed by atoms with van der Waals surface area (Å²) in [4.78, 5) is 8.17. The number of nitrogen functional groups attached to an aromatic ring is 1. The fourth-order valence-corrected chi connectivity index (χ4v) is 0.797. The number of hydrogen-bond donors (Lipinski definition) is 1. The van der Waals surface area contributed by atoms with Crippen molar-refractivity contribution in [2.75, 3.05) is 5.73 Å². The molecule has 2 N–H and O–H groups in total. The highest BCUT2D eigenvalue weighted by molar-refractivity contribution is 6.53. The number of rotatable bonds is 1. The van der Waals surface area contributed by atoms with E-state index in [9.17, 15) is 0 Å². The summed E-state index contributed by atoms with van der Waals surface area (Å²) < 4.78 is 0. The molecule has 0 saturated heterocycles. The van der Waals surface area contributed by atoms with Crippen molar-refractivity contribution < 1.29 is 0 Å². The molecule has 10 heavy (non-hydrogen) atoms. The normalized spacial score (nSPS) is 9.30. The molecule has 5 heteroatoms. The lowest BCUT2D eigenvalue weighted by molar-refractivity contribution is 1.29. The minimum Gasteiger partial charge on any atom is -0.383 e. The van der Waals surface area contributed by atoms with Crippen molar-refractivity contribution in [2.45, 2.75) is 6.82 Å². The molecule has 0 saturated carbocycles. The first kappa shape index (κ1) is 7.12. The van der Waals surface area contributed by atoms with Crippen molar-refractivity contribution in [1.29, 1.82) is 0 Å². The minimum atomic E-state index is 0.549. The second kappa shape index (κ2) is 2.73. The molecule has 0 bridgehead atoms. The van der Waals surface area contributed by atoms with E-state index in [0.29, 0.717) is 5.82 Å². The van der Waals surface area contributed by atoms with Gasteiger partial charge in [-0.05, 0) is 0 Å². The zero-order valence-corrected chi connectivity index (χ0v) is 6.26. The van der Waals surface area contributed by atoms with Gasteiger partial charge in [0.2, 0.25) is 0 Å². The van der Waals surface area contributed by atoms with Crippen molar-refractivity contribution >= 4 is 32.1 Å². The fourth-order valence-electron chi connectivity index (χ4n) is 0.797. The molecule has 1 heterocycles. The lowest BCUT2D eigenvalue weighted by Gasteiger charge is -1.99. The third-order valence-electron chi connectivity index (χ3n) is 1.33. The lowest BCUT2D eigenvalue weighted by atomic mass is 9.77. The molecule has 0 unspecified atom stereocenters. The van der Waals surface area contributed by atoms with Gasteiger partial charge in [0, 0.05) is 17.4 Å². The zero-order valence-electron chi connectivity index (χ0n) is 6.26. The Kier molecular flexibility index (Phi) is 1.94. The van der Waals surface area contributed by atoms with E-state index in [2.05, 4.69) is 9.97 Å². The smallest absolute Gasteiger partial charge is 0.184 e. The third-order valence-corrected chi connectivity index (χ3v) is 1.33. The Morgan fingerprint density at radius 1 is 1.70 bits per heavy atom. The van der Waals surface area contributed by atoms with Crippen LogP contribution in [0.25, 0.3) is 0 Å².